The van der Waals surface area contributed by atoms with Gasteiger partial charge in [0, 0.05) is 36.6 Å². The average molecular weight is 382 g/mol. The lowest BCUT2D eigenvalue weighted by Crippen LogP contribution is -2.50. The van der Waals surface area contributed by atoms with Crippen molar-refractivity contribution in [2.45, 2.75) is 6.10 Å². The summed E-state index contributed by atoms with van der Waals surface area (Å²) in [6.45, 7) is 2.40. The van der Waals surface area contributed by atoms with Gasteiger partial charge in [0.1, 0.15) is 0 Å². The van der Waals surface area contributed by atoms with Crippen molar-refractivity contribution < 1.29 is 14.3 Å². The molecule has 7 heteroatoms. The molecule has 0 radical (unpaired) electrons. The zero-order valence-corrected chi connectivity index (χ0v) is 16.2. The van der Waals surface area contributed by atoms with Crippen LogP contribution in [0.1, 0.15) is 10.4 Å². The molecular weight excluding hydrogens is 356 g/mol. The Morgan fingerprint density at radius 2 is 1.79 bits per heavy atom. The number of nitrogens with zero attached hydrogens (tertiary/aromatic N) is 2. The third-order valence-electron chi connectivity index (χ3n) is 4.40. The topological polar surface area (TPSA) is 73.9 Å². The Hall–Kier alpha value is -2.90. The van der Waals surface area contributed by atoms with Crippen LogP contribution >= 0.6 is 0 Å². The fraction of sp³-hybridized carbons (Fsp3) is 0.333. The van der Waals surface area contributed by atoms with Gasteiger partial charge in [0.25, 0.3) is 5.91 Å². The molecule has 1 atom stereocenters. The maximum Gasteiger partial charge on any atom is 0.322 e. The lowest BCUT2D eigenvalue weighted by molar-refractivity contribution is -0.0228. The Labute approximate surface area is 165 Å². The maximum atomic E-state index is 12.6. The molecule has 2 aromatic rings. The number of hydrogen-bond acceptors (Lipinski definition) is 4. The molecule has 3 amide bonds. The number of benzene rings is 2. The van der Waals surface area contributed by atoms with Crippen LogP contribution in [0.25, 0.3) is 0 Å². The Bertz CT molecular complexity index is 810. The van der Waals surface area contributed by atoms with E-state index in [9.17, 15) is 9.59 Å². The van der Waals surface area contributed by atoms with Crippen LogP contribution in [-0.2, 0) is 4.74 Å². The summed E-state index contributed by atoms with van der Waals surface area (Å²) in [7, 11) is 3.97. The molecule has 0 spiro atoms. The smallest absolute Gasteiger partial charge is 0.322 e. The van der Waals surface area contributed by atoms with Crippen molar-refractivity contribution in [3.63, 3.8) is 0 Å². The summed E-state index contributed by atoms with van der Waals surface area (Å²) in [5, 5.41) is 5.76. The van der Waals surface area contributed by atoms with Gasteiger partial charge < -0.3 is 25.2 Å². The van der Waals surface area contributed by atoms with Crippen LogP contribution in [0.5, 0.6) is 0 Å². The van der Waals surface area contributed by atoms with Crippen molar-refractivity contribution in [1.29, 1.82) is 0 Å². The molecule has 1 saturated heterocycles. The molecule has 0 aromatic heterocycles. The second kappa shape index (κ2) is 9.34. The zero-order chi connectivity index (χ0) is 19.9. The molecule has 7 nitrogen and oxygen atoms in total. The molecule has 0 aliphatic carbocycles. The van der Waals surface area contributed by atoms with Gasteiger partial charge in [-0.3, -0.25) is 4.79 Å². The highest BCUT2D eigenvalue weighted by molar-refractivity contribution is 6.04. The molecule has 1 aliphatic heterocycles. The normalized spacial score (nSPS) is 16.7. The summed E-state index contributed by atoms with van der Waals surface area (Å²) >= 11 is 0. The van der Waals surface area contributed by atoms with Crippen molar-refractivity contribution in [2.75, 3.05) is 51.0 Å². The molecule has 0 bridgehead atoms. The third-order valence-corrected chi connectivity index (χ3v) is 4.40. The summed E-state index contributed by atoms with van der Waals surface area (Å²) in [5.41, 5.74) is 1.84. The molecule has 2 N–H and O–H groups in total. The van der Waals surface area contributed by atoms with Crippen LogP contribution in [0.2, 0.25) is 0 Å². The number of hydrogen-bond donors (Lipinski definition) is 2. The summed E-state index contributed by atoms with van der Waals surface area (Å²) in [5.74, 6) is -0.191. The zero-order valence-electron chi connectivity index (χ0n) is 16.2. The van der Waals surface area contributed by atoms with Gasteiger partial charge in [-0.1, -0.05) is 24.3 Å². The van der Waals surface area contributed by atoms with E-state index in [-0.39, 0.29) is 18.0 Å². The van der Waals surface area contributed by atoms with E-state index in [0.717, 1.165) is 6.54 Å². The maximum absolute atomic E-state index is 12.6. The molecule has 0 saturated carbocycles. The minimum Gasteiger partial charge on any atom is -0.373 e. The number of rotatable bonds is 5. The van der Waals surface area contributed by atoms with Gasteiger partial charge in [-0.2, -0.15) is 0 Å². The average Bonchev–Trinajstić information content (AvgIpc) is 2.68. The molecule has 1 aliphatic rings. The standard InChI is InChI=1S/C21H26N4O3/c1-24(2)14-19-15-25(11-12-28-19)21(27)23-18-10-6-9-17(13-18)22-20(26)16-7-4-3-5-8-16/h3-10,13,19H,11-12,14-15H2,1-2H3,(H,22,26)(H,23,27)/t19-/m0/s1. The van der Waals surface area contributed by atoms with Gasteiger partial charge in [-0.05, 0) is 44.4 Å². The van der Waals surface area contributed by atoms with Crippen LogP contribution in [0.4, 0.5) is 16.2 Å². The number of urea groups is 1. The molecule has 148 valence electrons. The van der Waals surface area contributed by atoms with Gasteiger partial charge in [0.05, 0.1) is 12.7 Å². The van der Waals surface area contributed by atoms with Crippen molar-refractivity contribution >= 4 is 23.3 Å². The van der Waals surface area contributed by atoms with Gasteiger partial charge >= 0.3 is 6.03 Å². The van der Waals surface area contributed by atoms with Gasteiger partial charge in [-0.15, -0.1) is 0 Å². The minimum atomic E-state index is -0.191. The highest BCUT2D eigenvalue weighted by atomic mass is 16.5. The van der Waals surface area contributed by atoms with E-state index in [1.807, 2.05) is 37.2 Å². The van der Waals surface area contributed by atoms with Crippen LogP contribution in [0.3, 0.4) is 0 Å². The predicted octanol–water partition coefficient (Wildman–Crippen LogP) is 2.73. The first kappa shape index (κ1) is 19.9. The second-order valence-electron chi connectivity index (χ2n) is 7.03. The lowest BCUT2D eigenvalue weighted by Gasteiger charge is -2.34. The van der Waals surface area contributed by atoms with Crippen molar-refractivity contribution in [3.05, 3.63) is 60.2 Å². The highest BCUT2D eigenvalue weighted by Crippen LogP contribution is 2.17. The number of carbonyl (C=O) groups excluding carboxylic acids is 2. The summed E-state index contributed by atoms with van der Waals surface area (Å²) < 4.78 is 5.71. The van der Waals surface area contributed by atoms with Gasteiger partial charge in [-0.25, -0.2) is 4.79 Å². The van der Waals surface area contributed by atoms with E-state index in [2.05, 4.69) is 10.6 Å². The quantitative estimate of drug-likeness (QED) is 0.834. The number of ether oxygens (including phenoxy) is 1. The van der Waals surface area contributed by atoms with E-state index in [1.165, 1.54) is 0 Å². The van der Waals surface area contributed by atoms with E-state index in [1.54, 1.807) is 41.3 Å². The fourth-order valence-electron chi connectivity index (χ4n) is 3.09. The number of amides is 3. The summed E-state index contributed by atoms with van der Waals surface area (Å²) in [4.78, 5) is 28.7. The van der Waals surface area contributed by atoms with Crippen LogP contribution in [0.15, 0.2) is 54.6 Å². The number of nitrogens with one attached hydrogen (secondary N) is 2. The van der Waals surface area contributed by atoms with Crippen molar-refractivity contribution in [2.24, 2.45) is 0 Å². The monoisotopic (exact) mass is 382 g/mol. The molecule has 1 heterocycles. The SMILES string of the molecule is CN(C)C[C@H]1CN(C(=O)Nc2cccc(NC(=O)c3ccccc3)c2)CCO1. The molecular formula is C21H26N4O3. The third kappa shape index (κ3) is 5.55. The van der Waals surface area contributed by atoms with Crippen LogP contribution in [-0.4, -0.2) is 68.2 Å². The first-order valence-electron chi connectivity index (χ1n) is 9.30. The van der Waals surface area contributed by atoms with Crippen LogP contribution < -0.4 is 10.6 Å². The number of anilines is 2. The molecule has 0 unspecified atom stereocenters. The molecule has 1 fully saturated rings. The van der Waals surface area contributed by atoms with E-state index >= 15 is 0 Å². The van der Waals surface area contributed by atoms with E-state index in [0.29, 0.717) is 36.6 Å². The van der Waals surface area contributed by atoms with Crippen molar-refractivity contribution in [3.8, 4) is 0 Å². The van der Waals surface area contributed by atoms with Gasteiger partial charge in [0.15, 0.2) is 0 Å². The highest BCUT2D eigenvalue weighted by Gasteiger charge is 2.24. The number of morpholine rings is 1. The minimum absolute atomic E-state index is 0.00555. The lowest BCUT2D eigenvalue weighted by atomic mass is 10.2. The van der Waals surface area contributed by atoms with Crippen LogP contribution in [0, 0.1) is 0 Å². The fourth-order valence-corrected chi connectivity index (χ4v) is 3.09. The van der Waals surface area contributed by atoms with E-state index < -0.39 is 0 Å². The number of likely N-dealkylation sites (N-methyl/N-ethyl adjacent to an activating group) is 1. The molecule has 3 rings (SSSR count). The summed E-state index contributed by atoms with van der Waals surface area (Å²) in [6.07, 6.45) is 0.00555. The first-order valence-corrected chi connectivity index (χ1v) is 9.30. The Kier molecular flexibility index (Phi) is 6.62. The van der Waals surface area contributed by atoms with Crippen molar-refractivity contribution in [1.82, 2.24) is 9.80 Å². The second-order valence-corrected chi connectivity index (χ2v) is 7.03. The Morgan fingerprint density at radius 3 is 2.50 bits per heavy atom. The predicted molar refractivity (Wildman–Crippen MR) is 110 cm³/mol. The first-order chi connectivity index (χ1) is 13.5. The largest absolute Gasteiger partial charge is 0.373 e. The Balaban J connectivity index is 1.59. The Morgan fingerprint density at radius 1 is 1.07 bits per heavy atom. The van der Waals surface area contributed by atoms with Gasteiger partial charge in [0.2, 0.25) is 0 Å². The number of carbonyl (C=O) groups is 2. The summed E-state index contributed by atoms with van der Waals surface area (Å²) in [6, 6.07) is 16.0. The van der Waals surface area contributed by atoms with E-state index in [4.69, 9.17) is 4.74 Å². The molecule has 28 heavy (non-hydrogen) atoms. The molecule has 2 aromatic carbocycles.